The number of aromatic nitrogens is 3. The molecule has 1 aromatic carbocycles. The number of phosphoric acid groups is 1. The maximum Gasteiger partial charge on any atom is 0.472 e. The standard InChI is InChI=1S/C41H63FN5O11PS/c1-3-4-5-6-7-8-9-10-11-12-13-14-15-16-17-18-21-54-26-33(55-25-31-22-32(42)24-34(23-31)60(2,52)53)27-56-59(50,51)57-28-36-38(48)39(49)41(29-43,58-36)37-20-19-35-40(44)45-30-46-47(35)37/h19-20,22-24,30,33,36,38-39,48-49H,3-18,21,25-28H2,1-2H3,(H,50,51)(H2,44,45,46)/t33-,36-,38-,39-,41+/m1/s1. The number of anilines is 1. The third-order valence-corrected chi connectivity index (χ3v) is 12.6. The summed E-state index contributed by atoms with van der Waals surface area (Å²) in [4.78, 5) is 14.3. The molecule has 16 nitrogen and oxygen atoms in total. The van der Waals surface area contributed by atoms with Crippen molar-refractivity contribution in [2.45, 2.75) is 151 Å². The van der Waals surface area contributed by atoms with Gasteiger partial charge in [0.15, 0.2) is 15.7 Å². The summed E-state index contributed by atoms with van der Waals surface area (Å²) < 4.78 is 80.6. The number of nitrogens with two attached hydrogens (primary N) is 1. The van der Waals surface area contributed by atoms with E-state index in [-0.39, 0.29) is 35.2 Å². The lowest BCUT2D eigenvalue weighted by molar-refractivity contribution is -0.0690. The number of halogens is 1. The first-order chi connectivity index (χ1) is 28.7. The topological polar surface area (TPSA) is 238 Å². The van der Waals surface area contributed by atoms with Gasteiger partial charge in [0.1, 0.15) is 48.1 Å². The van der Waals surface area contributed by atoms with Crippen LogP contribution in [0.2, 0.25) is 0 Å². The first-order valence-corrected chi connectivity index (χ1v) is 24.4. The summed E-state index contributed by atoms with van der Waals surface area (Å²) in [6, 6.07) is 8.10. The van der Waals surface area contributed by atoms with Gasteiger partial charge in [-0.3, -0.25) is 9.05 Å². The van der Waals surface area contributed by atoms with Gasteiger partial charge in [0, 0.05) is 12.9 Å². The van der Waals surface area contributed by atoms with Crippen LogP contribution >= 0.6 is 7.82 Å². The molecule has 336 valence electrons. The monoisotopic (exact) mass is 883 g/mol. The molecule has 1 fully saturated rings. The minimum atomic E-state index is -4.89. The Morgan fingerprint density at radius 2 is 1.58 bits per heavy atom. The molecular weight excluding hydrogens is 821 g/mol. The number of nitriles is 1. The fourth-order valence-electron chi connectivity index (χ4n) is 7.18. The summed E-state index contributed by atoms with van der Waals surface area (Å²) >= 11 is 0. The zero-order chi connectivity index (χ0) is 43.6. The SMILES string of the molecule is CCCCCCCCCCCCCCCCCCOC[C@H](COP(=O)(O)OC[C@H]1O[C@@](C#N)(c2ccc3c(N)ncnn23)[C@H](O)[C@@H]1O)OCc1cc(F)cc(S(C)(=O)=O)c1. The van der Waals surface area contributed by atoms with Crippen molar-refractivity contribution in [2.75, 3.05) is 38.4 Å². The highest BCUT2D eigenvalue weighted by Crippen LogP contribution is 2.46. The predicted octanol–water partition coefficient (Wildman–Crippen LogP) is 6.69. The predicted molar refractivity (Wildman–Crippen MR) is 222 cm³/mol. The summed E-state index contributed by atoms with van der Waals surface area (Å²) in [6.45, 7) is 0.987. The van der Waals surface area contributed by atoms with Gasteiger partial charge in [-0.25, -0.2) is 26.9 Å². The van der Waals surface area contributed by atoms with Crippen molar-refractivity contribution in [1.29, 1.82) is 5.26 Å². The van der Waals surface area contributed by atoms with Gasteiger partial charge in [-0.15, -0.1) is 0 Å². The van der Waals surface area contributed by atoms with Gasteiger partial charge in [-0.1, -0.05) is 103 Å². The summed E-state index contributed by atoms with van der Waals surface area (Å²) in [7, 11) is -8.60. The Balaban J connectivity index is 1.23. The van der Waals surface area contributed by atoms with E-state index in [9.17, 15) is 37.7 Å². The molecule has 1 aliphatic heterocycles. The van der Waals surface area contributed by atoms with Crippen LogP contribution < -0.4 is 5.73 Å². The number of aliphatic hydroxyl groups is 2. The van der Waals surface area contributed by atoms with Crippen LogP contribution in [0.1, 0.15) is 121 Å². The van der Waals surface area contributed by atoms with Crippen LogP contribution in [0, 0.1) is 17.1 Å². The van der Waals surface area contributed by atoms with Gasteiger partial charge >= 0.3 is 7.82 Å². The van der Waals surface area contributed by atoms with Crippen molar-refractivity contribution < 1.29 is 55.7 Å². The first-order valence-electron chi connectivity index (χ1n) is 21.1. The Morgan fingerprint density at radius 3 is 2.18 bits per heavy atom. The minimum Gasteiger partial charge on any atom is -0.387 e. The molecule has 0 radical (unpaired) electrons. The Labute approximate surface area is 353 Å². The van der Waals surface area contributed by atoms with E-state index in [1.54, 1.807) is 0 Å². The molecule has 1 saturated heterocycles. The Hall–Kier alpha value is -3.08. The molecule has 6 atom stereocenters. The smallest absolute Gasteiger partial charge is 0.387 e. The second kappa shape index (κ2) is 24.5. The highest BCUT2D eigenvalue weighted by atomic mass is 32.2. The summed E-state index contributed by atoms with van der Waals surface area (Å²) in [5, 5.41) is 36.0. The van der Waals surface area contributed by atoms with Crippen molar-refractivity contribution in [3.05, 3.63) is 53.7 Å². The summed E-state index contributed by atoms with van der Waals surface area (Å²) in [5.41, 5.74) is 4.31. The van der Waals surface area contributed by atoms with Crippen LogP contribution in [0.3, 0.4) is 0 Å². The number of fused-ring (bicyclic) bond motifs is 1. The van der Waals surface area contributed by atoms with Crippen molar-refractivity contribution in [3.8, 4) is 6.07 Å². The van der Waals surface area contributed by atoms with Crippen molar-refractivity contribution in [3.63, 3.8) is 0 Å². The van der Waals surface area contributed by atoms with Gasteiger partial charge in [0.2, 0.25) is 5.60 Å². The molecule has 60 heavy (non-hydrogen) atoms. The number of hydrogen-bond acceptors (Lipinski definition) is 14. The lowest BCUT2D eigenvalue weighted by atomic mass is 9.92. The minimum absolute atomic E-state index is 0.0353. The molecule has 2 aromatic heterocycles. The molecule has 3 aromatic rings. The zero-order valence-corrected chi connectivity index (χ0v) is 36.5. The third kappa shape index (κ3) is 15.1. The second-order valence-corrected chi connectivity index (χ2v) is 19.0. The fourth-order valence-corrected chi connectivity index (χ4v) is 8.63. The normalized spacial score (nSPS) is 21.0. The molecule has 0 spiro atoms. The maximum atomic E-state index is 14.3. The number of nitrogen functional groups attached to an aromatic ring is 1. The van der Waals surface area contributed by atoms with E-state index in [1.807, 2.05) is 6.07 Å². The number of phosphoric ester groups is 1. The van der Waals surface area contributed by atoms with E-state index >= 15 is 0 Å². The molecule has 4 rings (SSSR count). The molecular formula is C41H63FN5O11PS. The fraction of sp³-hybridized carbons (Fsp3) is 0.683. The third-order valence-electron chi connectivity index (χ3n) is 10.6. The van der Waals surface area contributed by atoms with Gasteiger partial charge in [-0.2, -0.15) is 10.4 Å². The molecule has 0 bridgehead atoms. The number of benzene rings is 1. The van der Waals surface area contributed by atoms with Crippen LogP contribution in [0.4, 0.5) is 10.2 Å². The maximum absolute atomic E-state index is 14.3. The number of hydrogen-bond donors (Lipinski definition) is 4. The summed E-state index contributed by atoms with van der Waals surface area (Å²) in [5.74, 6) is -0.681. The Morgan fingerprint density at radius 1 is 0.967 bits per heavy atom. The van der Waals surface area contributed by atoms with Crippen LogP contribution in [-0.4, -0.2) is 95.2 Å². The average Bonchev–Trinajstić information content (AvgIpc) is 3.76. The highest BCUT2D eigenvalue weighted by Gasteiger charge is 2.58. The van der Waals surface area contributed by atoms with Gasteiger partial charge in [0.05, 0.1) is 37.0 Å². The lowest BCUT2D eigenvalue weighted by Gasteiger charge is -2.24. The van der Waals surface area contributed by atoms with E-state index in [0.717, 1.165) is 50.4 Å². The molecule has 0 saturated carbocycles. The Kier molecular flexibility index (Phi) is 20.3. The number of ether oxygens (including phenoxy) is 3. The first kappa shape index (κ1) is 49.6. The van der Waals surface area contributed by atoms with E-state index in [1.165, 1.54) is 99.8 Å². The van der Waals surface area contributed by atoms with Crippen molar-refractivity contribution in [2.24, 2.45) is 0 Å². The Bertz CT molecular complexity index is 1970. The highest BCUT2D eigenvalue weighted by molar-refractivity contribution is 7.90. The number of rotatable bonds is 30. The van der Waals surface area contributed by atoms with Gasteiger partial charge in [0.25, 0.3) is 0 Å². The molecule has 19 heteroatoms. The largest absolute Gasteiger partial charge is 0.472 e. The van der Waals surface area contributed by atoms with Crippen LogP contribution in [0.25, 0.3) is 5.52 Å². The molecule has 1 aliphatic rings. The number of aliphatic hydroxyl groups excluding tert-OH is 2. The zero-order valence-electron chi connectivity index (χ0n) is 34.8. The van der Waals surface area contributed by atoms with E-state index < -0.39 is 66.7 Å². The van der Waals surface area contributed by atoms with Crippen LogP contribution in [0.15, 0.2) is 41.6 Å². The number of sulfone groups is 1. The molecule has 1 unspecified atom stereocenters. The molecule has 5 N–H and O–H groups in total. The quantitative estimate of drug-likeness (QED) is 0.0403. The molecule has 0 amide bonds. The molecule has 3 heterocycles. The lowest BCUT2D eigenvalue weighted by Crippen LogP contribution is -2.41. The number of unbranched alkanes of at least 4 members (excludes halogenated alkanes) is 15. The van der Waals surface area contributed by atoms with E-state index in [2.05, 4.69) is 17.0 Å². The average molecular weight is 884 g/mol. The molecule has 0 aliphatic carbocycles. The summed E-state index contributed by atoms with van der Waals surface area (Å²) in [6.07, 6.45) is 15.9. The van der Waals surface area contributed by atoms with Crippen molar-refractivity contribution in [1.82, 2.24) is 14.6 Å². The second-order valence-electron chi connectivity index (χ2n) is 15.5. The number of nitrogens with zero attached hydrogens (tertiary/aromatic N) is 4. The van der Waals surface area contributed by atoms with Crippen molar-refractivity contribution >= 4 is 29.0 Å². The van der Waals surface area contributed by atoms with Gasteiger partial charge in [-0.05, 0) is 42.3 Å². The van der Waals surface area contributed by atoms with E-state index in [4.69, 9.17) is 29.0 Å². The van der Waals surface area contributed by atoms with Crippen LogP contribution in [-0.2, 0) is 49.9 Å². The van der Waals surface area contributed by atoms with E-state index in [0.29, 0.717) is 12.1 Å². The van der Waals surface area contributed by atoms with Crippen LogP contribution in [0.5, 0.6) is 0 Å². The van der Waals surface area contributed by atoms with Gasteiger partial charge < -0.3 is 35.1 Å².